The lowest BCUT2D eigenvalue weighted by Crippen LogP contribution is -2.38. The van der Waals surface area contributed by atoms with E-state index in [2.05, 4.69) is 4.90 Å². The topological polar surface area (TPSA) is 32.8 Å². The summed E-state index contributed by atoms with van der Waals surface area (Å²) < 4.78 is 5.48. The molecule has 0 N–H and O–H groups in total. The molecule has 0 unspecified atom stereocenters. The number of carbonyl (C=O) groups is 1. The molecule has 0 bridgehead atoms. The molecule has 0 saturated carbocycles. The highest BCUT2D eigenvalue weighted by molar-refractivity contribution is 5.77. The first-order valence-corrected chi connectivity index (χ1v) is 6.49. The summed E-state index contributed by atoms with van der Waals surface area (Å²) in [6.45, 7) is 10.2. The average Bonchev–Trinajstić information content (AvgIpc) is 2.74. The molecule has 1 heterocycles. The van der Waals surface area contributed by atoms with Crippen LogP contribution in [0.3, 0.4) is 0 Å². The van der Waals surface area contributed by atoms with Crippen LogP contribution in [0.1, 0.15) is 33.6 Å². The number of carbonyl (C=O) groups excluding carboxylic acids is 1. The van der Waals surface area contributed by atoms with E-state index in [9.17, 15) is 4.79 Å². The van der Waals surface area contributed by atoms with Crippen molar-refractivity contribution in [2.75, 3.05) is 39.8 Å². The summed E-state index contributed by atoms with van der Waals surface area (Å²) >= 11 is 0. The molecule has 1 saturated heterocycles. The molecular formula is C13H26N2O2. The number of likely N-dealkylation sites (tertiary alicyclic amines) is 1. The van der Waals surface area contributed by atoms with E-state index in [4.69, 9.17) is 4.74 Å². The Bertz CT molecular complexity index is 242. The van der Waals surface area contributed by atoms with Crippen LogP contribution in [0.5, 0.6) is 0 Å². The lowest BCUT2D eigenvalue weighted by Gasteiger charge is -2.24. The van der Waals surface area contributed by atoms with Gasteiger partial charge in [-0.1, -0.05) is 0 Å². The first kappa shape index (κ1) is 14.5. The second-order valence-electron chi connectivity index (χ2n) is 5.77. The maximum atomic E-state index is 11.8. The van der Waals surface area contributed by atoms with Crippen molar-refractivity contribution in [3.8, 4) is 0 Å². The van der Waals surface area contributed by atoms with Crippen LogP contribution in [0.25, 0.3) is 0 Å². The lowest BCUT2D eigenvalue weighted by molar-refractivity contribution is -0.139. The van der Waals surface area contributed by atoms with Crippen LogP contribution in [0.15, 0.2) is 0 Å². The molecule has 1 aliphatic heterocycles. The molecule has 1 amide bonds. The van der Waals surface area contributed by atoms with Gasteiger partial charge in [0.2, 0.25) is 5.91 Å². The number of ether oxygens (including phenoxy) is 1. The predicted octanol–water partition coefficient (Wildman–Crippen LogP) is 1.36. The summed E-state index contributed by atoms with van der Waals surface area (Å²) in [5, 5.41) is 0. The van der Waals surface area contributed by atoms with Crippen LogP contribution >= 0.6 is 0 Å². The van der Waals surface area contributed by atoms with E-state index in [-0.39, 0.29) is 18.1 Å². The highest BCUT2D eigenvalue weighted by Crippen LogP contribution is 2.08. The minimum Gasteiger partial charge on any atom is -0.366 e. The second-order valence-corrected chi connectivity index (χ2v) is 5.77. The molecule has 0 aliphatic carbocycles. The van der Waals surface area contributed by atoms with E-state index in [0.717, 1.165) is 13.1 Å². The number of rotatable bonds is 5. The Labute approximate surface area is 105 Å². The van der Waals surface area contributed by atoms with Gasteiger partial charge in [-0.15, -0.1) is 0 Å². The predicted molar refractivity (Wildman–Crippen MR) is 69.0 cm³/mol. The fourth-order valence-corrected chi connectivity index (χ4v) is 1.81. The van der Waals surface area contributed by atoms with Crippen molar-refractivity contribution in [2.24, 2.45) is 0 Å². The van der Waals surface area contributed by atoms with Gasteiger partial charge in [-0.2, -0.15) is 0 Å². The van der Waals surface area contributed by atoms with E-state index >= 15 is 0 Å². The zero-order valence-corrected chi connectivity index (χ0v) is 11.7. The second kappa shape index (κ2) is 6.36. The minimum atomic E-state index is -0.245. The zero-order chi connectivity index (χ0) is 12.9. The number of amides is 1. The Balaban J connectivity index is 2.17. The van der Waals surface area contributed by atoms with E-state index in [1.807, 2.05) is 27.8 Å². The summed E-state index contributed by atoms with van der Waals surface area (Å²) in [6.07, 6.45) is 2.59. The maximum Gasteiger partial charge on any atom is 0.248 e. The van der Waals surface area contributed by atoms with Crippen molar-refractivity contribution in [1.82, 2.24) is 9.80 Å². The van der Waals surface area contributed by atoms with Crippen molar-refractivity contribution >= 4 is 5.91 Å². The molecule has 1 rings (SSSR count). The van der Waals surface area contributed by atoms with Gasteiger partial charge >= 0.3 is 0 Å². The Hall–Kier alpha value is -0.610. The average molecular weight is 242 g/mol. The summed E-state index contributed by atoms with van der Waals surface area (Å²) in [7, 11) is 1.85. The Morgan fingerprint density at radius 1 is 1.29 bits per heavy atom. The standard InChI is InChI=1S/C13H26N2O2/c1-13(2,3)17-11-12(16)14(4)9-10-15-7-5-6-8-15/h5-11H2,1-4H3. The van der Waals surface area contributed by atoms with Gasteiger partial charge in [0, 0.05) is 20.1 Å². The van der Waals surface area contributed by atoms with Crippen molar-refractivity contribution in [3.05, 3.63) is 0 Å². The highest BCUT2D eigenvalue weighted by Gasteiger charge is 2.17. The van der Waals surface area contributed by atoms with E-state index in [1.54, 1.807) is 4.90 Å². The fourth-order valence-electron chi connectivity index (χ4n) is 1.81. The molecule has 17 heavy (non-hydrogen) atoms. The summed E-state index contributed by atoms with van der Waals surface area (Å²) in [4.78, 5) is 16.0. The van der Waals surface area contributed by atoms with E-state index in [0.29, 0.717) is 0 Å². The van der Waals surface area contributed by atoms with Crippen LogP contribution in [-0.4, -0.2) is 61.1 Å². The Kier molecular flexibility index (Phi) is 5.40. The van der Waals surface area contributed by atoms with Gasteiger partial charge in [-0.3, -0.25) is 4.79 Å². The molecule has 1 fully saturated rings. The molecule has 1 aliphatic rings. The fraction of sp³-hybridized carbons (Fsp3) is 0.923. The van der Waals surface area contributed by atoms with Gasteiger partial charge in [0.05, 0.1) is 5.60 Å². The van der Waals surface area contributed by atoms with Crippen molar-refractivity contribution < 1.29 is 9.53 Å². The highest BCUT2D eigenvalue weighted by atomic mass is 16.5. The summed E-state index contributed by atoms with van der Waals surface area (Å²) in [5.74, 6) is 0.0686. The van der Waals surface area contributed by atoms with Crippen LogP contribution in [0, 0.1) is 0 Å². The lowest BCUT2D eigenvalue weighted by atomic mass is 10.2. The SMILES string of the molecule is CN(CCN1CCCC1)C(=O)COC(C)(C)C. The van der Waals surface area contributed by atoms with Gasteiger partial charge in [0.25, 0.3) is 0 Å². The van der Waals surface area contributed by atoms with Crippen LogP contribution in [0.4, 0.5) is 0 Å². The number of hydrogen-bond acceptors (Lipinski definition) is 3. The summed E-state index contributed by atoms with van der Waals surface area (Å²) in [5.41, 5.74) is -0.245. The Morgan fingerprint density at radius 2 is 1.88 bits per heavy atom. The molecule has 4 heteroatoms. The van der Waals surface area contributed by atoms with Crippen LogP contribution in [0.2, 0.25) is 0 Å². The number of nitrogens with zero attached hydrogens (tertiary/aromatic N) is 2. The van der Waals surface area contributed by atoms with Gasteiger partial charge < -0.3 is 14.5 Å². The van der Waals surface area contributed by atoms with Gasteiger partial charge in [-0.05, 0) is 46.7 Å². The first-order valence-electron chi connectivity index (χ1n) is 6.49. The van der Waals surface area contributed by atoms with Crippen LogP contribution in [-0.2, 0) is 9.53 Å². The first-order chi connectivity index (χ1) is 7.88. The summed E-state index contributed by atoms with van der Waals surface area (Å²) in [6, 6.07) is 0. The van der Waals surface area contributed by atoms with Crippen LogP contribution < -0.4 is 0 Å². The number of hydrogen-bond donors (Lipinski definition) is 0. The molecule has 0 aromatic rings. The van der Waals surface area contributed by atoms with E-state index in [1.165, 1.54) is 25.9 Å². The minimum absolute atomic E-state index is 0.0686. The molecule has 0 atom stereocenters. The largest absolute Gasteiger partial charge is 0.366 e. The quantitative estimate of drug-likeness (QED) is 0.729. The molecule has 0 aromatic heterocycles. The van der Waals surface area contributed by atoms with Gasteiger partial charge in [0.15, 0.2) is 0 Å². The molecule has 0 aromatic carbocycles. The third kappa shape index (κ3) is 6.03. The normalized spacial score (nSPS) is 17.4. The monoisotopic (exact) mass is 242 g/mol. The Morgan fingerprint density at radius 3 is 2.41 bits per heavy atom. The van der Waals surface area contributed by atoms with Gasteiger partial charge in [0.1, 0.15) is 6.61 Å². The third-order valence-corrected chi connectivity index (χ3v) is 3.00. The number of likely N-dealkylation sites (N-methyl/N-ethyl adjacent to an activating group) is 1. The molecule has 100 valence electrons. The molecule has 0 radical (unpaired) electrons. The third-order valence-electron chi connectivity index (χ3n) is 3.00. The zero-order valence-electron chi connectivity index (χ0n) is 11.7. The maximum absolute atomic E-state index is 11.8. The van der Waals surface area contributed by atoms with Crippen molar-refractivity contribution in [2.45, 2.75) is 39.2 Å². The van der Waals surface area contributed by atoms with E-state index < -0.39 is 0 Å². The molecular weight excluding hydrogens is 216 g/mol. The van der Waals surface area contributed by atoms with Crippen molar-refractivity contribution in [3.63, 3.8) is 0 Å². The smallest absolute Gasteiger partial charge is 0.248 e. The van der Waals surface area contributed by atoms with Gasteiger partial charge in [-0.25, -0.2) is 0 Å². The molecule has 0 spiro atoms. The molecule has 4 nitrogen and oxygen atoms in total. The van der Waals surface area contributed by atoms with Crippen molar-refractivity contribution in [1.29, 1.82) is 0 Å².